The molecule has 2 aromatic carbocycles. The number of oxazole rings is 1. The molecular formula is C21H16Cl2N4O2. The van der Waals surface area contributed by atoms with Crippen LogP contribution in [-0.2, 0) is 4.79 Å². The second-order valence-electron chi connectivity index (χ2n) is 6.92. The Morgan fingerprint density at radius 3 is 2.66 bits per heavy atom. The molecule has 1 aliphatic carbocycles. The maximum atomic E-state index is 12.7. The Morgan fingerprint density at radius 2 is 1.86 bits per heavy atom. The van der Waals surface area contributed by atoms with Crippen LogP contribution < -0.4 is 10.6 Å². The molecule has 0 saturated carbocycles. The number of Topliss-reactive ketones (excluding diaryl/α,β-unsaturated/α-hetero) is 1. The zero-order chi connectivity index (χ0) is 20.0. The molecular weight excluding hydrogens is 411 g/mol. The van der Waals surface area contributed by atoms with Crippen LogP contribution in [0.3, 0.4) is 0 Å². The van der Waals surface area contributed by atoms with Gasteiger partial charge in [0, 0.05) is 33.3 Å². The predicted octanol–water partition coefficient (Wildman–Crippen LogP) is 5.25. The Kier molecular flexibility index (Phi) is 4.53. The van der Waals surface area contributed by atoms with E-state index in [1.807, 2.05) is 24.3 Å². The molecule has 2 N–H and O–H groups in total. The van der Waals surface area contributed by atoms with E-state index < -0.39 is 6.04 Å². The lowest BCUT2D eigenvalue weighted by atomic mass is 9.86. The number of allylic oxidation sites excluding steroid dienone is 1. The number of rotatable bonds is 2. The summed E-state index contributed by atoms with van der Waals surface area (Å²) in [5.74, 6) is 0.496. The lowest BCUT2D eigenvalue weighted by Crippen LogP contribution is -2.38. The molecule has 1 unspecified atom stereocenters. The molecule has 2 aliphatic rings. The summed E-state index contributed by atoms with van der Waals surface area (Å²) in [6.07, 6.45) is 2.01. The number of fused-ring (bicyclic) bond motifs is 1. The van der Waals surface area contributed by atoms with Crippen molar-refractivity contribution >= 4 is 52.1 Å². The van der Waals surface area contributed by atoms with Crippen LogP contribution >= 0.6 is 23.2 Å². The fourth-order valence-corrected chi connectivity index (χ4v) is 4.36. The number of benzene rings is 2. The summed E-state index contributed by atoms with van der Waals surface area (Å²) in [5.41, 5.74) is 3.48. The van der Waals surface area contributed by atoms with Crippen molar-refractivity contribution in [2.24, 2.45) is 4.99 Å². The van der Waals surface area contributed by atoms with Crippen LogP contribution in [0.4, 0.5) is 6.01 Å². The number of halogens is 2. The number of nitrogens with zero attached hydrogens (tertiary/aromatic N) is 2. The monoisotopic (exact) mass is 426 g/mol. The molecule has 0 amide bonds. The highest BCUT2D eigenvalue weighted by molar-refractivity contribution is 6.36. The average molecular weight is 427 g/mol. The standard InChI is InChI=1S/C21H16Cl2N4O2/c22-11-5-3-6-12(23)17(11)19-18-14(8-4-9-15(18)28)24-20(26-19)27-21-25-13-7-1-2-10-16(13)29-21/h1-3,5-7,10,19H,4,8-9H2,(H2,24,25,26,27). The quantitative estimate of drug-likeness (QED) is 0.584. The van der Waals surface area contributed by atoms with Crippen LogP contribution in [-0.4, -0.2) is 16.7 Å². The van der Waals surface area contributed by atoms with Gasteiger partial charge in [0.15, 0.2) is 11.4 Å². The molecule has 0 radical (unpaired) electrons. The second kappa shape index (κ2) is 7.21. The lowest BCUT2D eigenvalue weighted by molar-refractivity contribution is -0.116. The maximum absolute atomic E-state index is 12.7. The van der Waals surface area contributed by atoms with Gasteiger partial charge in [0.1, 0.15) is 11.6 Å². The first kappa shape index (κ1) is 18.2. The van der Waals surface area contributed by atoms with Gasteiger partial charge in [0.05, 0.1) is 0 Å². The molecule has 0 fully saturated rings. The van der Waals surface area contributed by atoms with E-state index >= 15 is 0 Å². The molecule has 1 atom stereocenters. The molecule has 6 nitrogen and oxygen atoms in total. The molecule has 0 spiro atoms. The minimum atomic E-state index is -0.591. The highest BCUT2D eigenvalue weighted by Crippen LogP contribution is 2.42. The summed E-state index contributed by atoms with van der Waals surface area (Å²) in [4.78, 5) is 21.9. The summed E-state index contributed by atoms with van der Waals surface area (Å²) in [7, 11) is 0. The van der Waals surface area contributed by atoms with Gasteiger partial charge in [-0.1, -0.05) is 41.4 Å². The number of carbonyl (C=O) groups excluding carboxylic acids is 1. The number of ketones is 1. The summed E-state index contributed by atoms with van der Waals surface area (Å²) in [6, 6.07) is 12.5. The van der Waals surface area contributed by atoms with E-state index in [1.54, 1.807) is 18.2 Å². The first-order chi connectivity index (χ1) is 14.1. The molecule has 1 aliphatic heterocycles. The van der Waals surface area contributed by atoms with E-state index in [1.165, 1.54) is 0 Å². The van der Waals surface area contributed by atoms with E-state index in [2.05, 4.69) is 15.6 Å². The molecule has 8 heteroatoms. The lowest BCUT2D eigenvalue weighted by Gasteiger charge is -2.31. The Morgan fingerprint density at radius 1 is 1.07 bits per heavy atom. The molecule has 1 aromatic heterocycles. The van der Waals surface area contributed by atoms with Crippen LogP contribution in [0, 0.1) is 0 Å². The Bertz CT molecular complexity index is 1150. The number of nitrogens with one attached hydrogen (secondary N) is 2. The van der Waals surface area contributed by atoms with Crippen LogP contribution in [0.5, 0.6) is 0 Å². The highest BCUT2D eigenvalue weighted by Gasteiger charge is 2.35. The van der Waals surface area contributed by atoms with E-state index in [4.69, 9.17) is 32.6 Å². The van der Waals surface area contributed by atoms with Gasteiger partial charge in [0.25, 0.3) is 0 Å². The predicted molar refractivity (Wildman–Crippen MR) is 113 cm³/mol. The van der Waals surface area contributed by atoms with Crippen molar-refractivity contribution in [2.75, 3.05) is 5.32 Å². The van der Waals surface area contributed by atoms with Crippen LogP contribution in [0.15, 0.2) is 63.1 Å². The largest absolute Gasteiger partial charge is 0.423 e. The first-order valence-electron chi connectivity index (χ1n) is 9.28. The molecule has 3 aromatic rings. The van der Waals surface area contributed by atoms with Gasteiger partial charge in [0.2, 0.25) is 5.96 Å². The van der Waals surface area contributed by atoms with E-state index in [0.29, 0.717) is 45.2 Å². The van der Waals surface area contributed by atoms with Crippen molar-refractivity contribution in [3.05, 3.63) is 69.3 Å². The smallest absolute Gasteiger partial charge is 0.302 e. The van der Waals surface area contributed by atoms with Gasteiger partial charge in [-0.15, -0.1) is 0 Å². The Balaban J connectivity index is 1.57. The fraction of sp³-hybridized carbons (Fsp3) is 0.190. The number of anilines is 1. The van der Waals surface area contributed by atoms with Gasteiger partial charge in [-0.25, -0.2) is 4.99 Å². The number of carbonyl (C=O) groups is 1. The summed E-state index contributed by atoms with van der Waals surface area (Å²) in [5, 5.41) is 7.26. The van der Waals surface area contributed by atoms with Crippen molar-refractivity contribution in [1.82, 2.24) is 10.3 Å². The molecule has 2 heterocycles. The SMILES string of the molecule is O=C1CCCC2=C1C(c1c(Cl)cccc1Cl)N=C(Nc1nc3ccccc3o1)N2. The Hall–Kier alpha value is -2.83. The zero-order valence-corrected chi connectivity index (χ0v) is 16.7. The van der Waals surface area contributed by atoms with Crippen molar-refractivity contribution in [2.45, 2.75) is 25.3 Å². The fourth-order valence-electron chi connectivity index (χ4n) is 3.75. The van der Waals surface area contributed by atoms with Gasteiger partial charge in [-0.05, 0) is 37.1 Å². The molecule has 0 saturated heterocycles. The van der Waals surface area contributed by atoms with E-state index in [9.17, 15) is 4.79 Å². The third kappa shape index (κ3) is 3.28. The van der Waals surface area contributed by atoms with Gasteiger partial charge in [-0.3, -0.25) is 10.1 Å². The maximum Gasteiger partial charge on any atom is 0.302 e. The van der Waals surface area contributed by atoms with Crippen molar-refractivity contribution in [3.63, 3.8) is 0 Å². The number of para-hydroxylation sites is 2. The van der Waals surface area contributed by atoms with Crippen LogP contribution in [0.25, 0.3) is 11.1 Å². The minimum absolute atomic E-state index is 0.0596. The normalized spacial score (nSPS) is 19.0. The average Bonchev–Trinajstić information content (AvgIpc) is 3.10. The number of aliphatic imine (C=N–C) groups is 1. The highest BCUT2D eigenvalue weighted by atomic mass is 35.5. The molecule has 0 bridgehead atoms. The van der Waals surface area contributed by atoms with E-state index in [0.717, 1.165) is 24.1 Å². The zero-order valence-electron chi connectivity index (χ0n) is 15.2. The summed E-state index contributed by atoms with van der Waals surface area (Å²) < 4.78 is 5.74. The molecule has 146 valence electrons. The first-order valence-corrected chi connectivity index (χ1v) is 10.0. The van der Waals surface area contributed by atoms with Gasteiger partial charge in [-0.2, -0.15) is 4.98 Å². The van der Waals surface area contributed by atoms with Gasteiger partial charge >= 0.3 is 6.01 Å². The number of guanidine groups is 1. The van der Waals surface area contributed by atoms with Crippen molar-refractivity contribution < 1.29 is 9.21 Å². The van der Waals surface area contributed by atoms with Crippen molar-refractivity contribution in [1.29, 1.82) is 0 Å². The summed E-state index contributed by atoms with van der Waals surface area (Å²) in [6.45, 7) is 0. The third-order valence-electron chi connectivity index (χ3n) is 5.05. The van der Waals surface area contributed by atoms with Gasteiger partial charge < -0.3 is 9.73 Å². The topological polar surface area (TPSA) is 79.5 Å². The third-order valence-corrected chi connectivity index (χ3v) is 5.71. The molecule has 29 heavy (non-hydrogen) atoms. The van der Waals surface area contributed by atoms with Crippen molar-refractivity contribution in [3.8, 4) is 0 Å². The number of aromatic nitrogens is 1. The summed E-state index contributed by atoms with van der Waals surface area (Å²) >= 11 is 12.9. The van der Waals surface area contributed by atoms with Crippen LogP contribution in [0.1, 0.15) is 30.9 Å². The number of hydrogen-bond acceptors (Lipinski definition) is 6. The Labute approximate surface area is 176 Å². The second-order valence-corrected chi connectivity index (χ2v) is 7.74. The minimum Gasteiger partial charge on any atom is -0.423 e. The number of hydrogen-bond donors (Lipinski definition) is 2. The van der Waals surface area contributed by atoms with Crippen LogP contribution in [0.2, 0.25) is 10.0 Å². The van der Waals surface area contributed by atoms with E-state index in [-0.39, 0.29) is 5.78 Å². The molecule has 5 rings (SSSR count).